The van der Waals surface area contributed by atoms with Crippen molar-refractivity contribution in [3.05, 3.63) is 0 Å². The molecule has 2 heteroatoms. The largest absolute Gasteiger partial charge is 0.393 e. The summed E-state index contributed by atoms with van der Waals surface area (Å²) in [6, 6.07) is 0. The zero-order valence-corrected chi connectivity index (χ0v) is 15.4. The Bertz CT molecular complexity index is 524. The van der Waals surface area contributed by atoms with E-state index in [1.807, 2.05) is 0 Å². The van der Waals surface area contributed by atoms with Crippen molar-refractivity contribution in [1.82, 2.24) is 0 Å². The minimum absolute atomic E-state index is 0.0802. The normalized spacial score (nSPS) is 55.0. The number of hydrogen-bond acceptors (Lipinski definition) is 2. The smallest absolute Gasteiger partial charge is 0.138 e. The Morgan fingerprint density at radius 2 is 1.57 bits per heavy atom. The van der Waals surface area contributed by atoms with Crippen LogP contribution in [0.2, 0.25) is 0 Å². The first-order valence-electron chi connectivity index (χ1n) is 9.92. The molecule has 0 aliphatic heterocycles. The number of aliphatic hydroxyl groups is 1. The molecule has 4 rings (SSSR count). The molecule has 4 aliphatic carbocycles. The molecule has 0 saturated heterocycles. The Balaban J connectivity index is 1.68. The highest BCUT2D eigenvalue weighted by Crippen LogP contribution is 2.68. The molecular formula is C21H34O2. The number of fused-ring (bicyclic) bond motifs is 5. The summed E-state index contributed by atoms with van der Waals surface area (Å²) in [7, 11) is 0. The Morgan fingerprint density at radius 1 is 0.870 bits per heavy atom. The van der Waals surface area contributed by atoms with E-state index in [0.29, 0.717) is 17.1 Å². The SMILES string of the molecule is CC1(C)C(=O)CC[C@@]2(C)C1CC[C@@H]1[C@H]2CC[C@]2(C)C(O)CC[C@@H]12. The van der Waals surface area contributed by atoms with E-state index in [1.54, 1.807) is 0 Å². The molecule has 0 heterocycles. The molecule has 4 aliphatic rings. The van der Waals surface area contributed by atoms with Crippen molar-refractivity contribution >= 4 is 5.78 Å². The first kappa shape index (κ1) is 16.1. The van der Waals surface area contributed by atoms with E-state index in [0.717, 1.165) is 37.0 Å². The molecule has 1 N–H and O–H groups in total. The molecule has 130 valence electrons. The maximum Gasteiger partial charge on any atom is 0.138 e. The first-order chi connectivity index (χ1) is 10.7. The summed E-state index contributed by atoms with van der Waals surface area (Å²) in [4.78, 5) is 12.5. The van der Waals surface area contributed by atoms with Crippen molar-refractivity contribution in [3.63, 3.8) is 0 Å². The van der Waals surface area contributed by atoms with E-state index in [-0.39, 0.29) is 16.9 Å². The van der Waals surface area contributed by atoms with Gasteiger partial charge < -0.3 is 5.11 Å². The molecule has 4 fully saturated rings. The number of carbonyl (C=O) groups is 1. The van der Waals surface area contributed by atoms with Crippen LogP contribution < -0.4 is 0 Å². The molecule has 0 aromatic heterocycles. The number of ketones is 1. The number of aliphatic hydroxyl groups excluding tert-OH is 1. The van der Waals surface area contributed by atoms with Crippen molar-refractivity contribution < 1.29 is 9.90 Å². The fourth-order valence-electron chi connectivity index (χ4n) is 7.87. The third kappa shape index (κ3) is 1.94. The predicted octanol–water partition coefficient (Wildman–Crippen LogP) is 4.60. The maximum absolute atomic E-state index is 12.5. The van der Waals surface area contributed by atoms with Gasteiger partial charge in [0.2, 0.25) is 0 Å². The van der Waals surface area contributed by atoms with Gasteiger partial charge >= 0.3 is 0 Å². The molecule has 0 aromatic carbocycles. The summed E-state index contributed by atoms with van der Waals surface area (Å²) in [5, 5.41) is 10.5. The molecule has 2 nitrogen and oxygen atoms in total. The minimum atomic E-state index is -0.131. The molecule has 7 atom stereocenters. The molecule has 0 radical (unpaired) electrons. The van der Waals surface area contributed by atoms with Gasteiger partial charge in [0.25, 0.3) is 0 Å². The summed E-state index contributed by atoms with van der Waals surface area (Å²) in [6.07, 6.45) is 9.01. The van der Waals surface area contributed by atoms with Gasteiger partial charge in [-0.3, -0.25) is 4.79 Å². The Labute approximate surface area is 141 Å². The Morgan fingerprint density at radius 3 is 2.30 bits per heavy atom. The summed E-state index contributed by atoms with van der Waals surface area (Å²) in [6.45, 7) is 9.29. The van der Waals surface area contributed by atoms with Crippen LogP contribution in [0.3, 0.4) is 0 Å². The number of rotatable bonds is 0. The van der Waals surface area contributed by atoms with Gasteiger partial charge in [-0.15, -0.1) is 0 Å². The third-order valence-corrected chi connectivity index (χ3v) is 9.30. The second kappa shape index (κ2) is 4.84. The van der Waals surface area contributed by atoms with Gasteiger partial charge in [0.1, 0.15) is 5.78 Å². The van der Waals surface area contributed by atoms with Crippen LogP contribution in [0, 0.1) is 39.9 Å². The third-order valence-electron chi connectivity index (χ3n) is 9.30. The fraction of sp³-hybridized carbons (Fsp3) is 0.952. The van der Waals surface area contributed by atoms with Crippen LogP contribution in [0.1, 0.15) is 79.1 Å². The van der Waals surface area contributed by atoms with Crippen LogP contribution >= 0.6 is 0 Å². The van der Waals surface area contributed by atoms with Crippen LogP contribution in [-0.2, 0) is 4.79 Å². The van der Waals surface area contributed by atoms with Crippen molar-refractivity contribution in [2.45, 2.75) is 85.2 Å². The molecule has 23 heavy (non-hydrogen) atoms. The zero-order chi connectivity index (χ0) is 16.6. The summed E-state index contributed by atoms with van der Waals surface area (Å²) in [5.74, 6) is 3.34. The predicted molar refractivity (Wildman–Crippen MR) is 91.9 cm³/mol. The van der Waals surface area contributed by atoms with E-state index in [9.17, 15) is 9.90 Å². The lowest BCUT2D eigenvalue weighted by Crippen LogP contribution is -2.58. The van der Waals surface area contributed by atoms with Crippen molar-refractivity contribution in [1.29, 1.82) is 0 Å². The second-order valence-electron chi connectivity index (χ2n) is 10.3. The highest BCUT2D eigenvalue weighted by molar-refractivity contribution is 5.85. The van der Waals surface area contributed by atoms with Crippen LogP contribution in [0.25, 0.3) is 0 Å². The molecule has 0 aromatic rings. The van der Waals surface area contributed by atoms with Gasteiger partial charge in [-0.05, 0) is 79.4 Å². The second-order valence-corrected chi connectivity index (χ2v) is 10.3. The van der Waals surface area contributed by atoms with Crippen LogP contribution in [-0.4, -0.2) is 17.0 Å². The Kier molecular flexibility index (Phi) is 3.39. The van der Waals surface area contributed by atoms with Crippen LogP contribution in [0.15, 0.2) is 0 Å². The Hall–Kier alpha value is -0.370. The average Bonchev–Trinajstić information content (AvgIpc) is 2.79. The van der Waals surface area contributed by atoms with E-state index in [4.69, 9.17) is 0 Å². The number of carbonyl (C=O) groups excluding carboxylic acids is 1. The lowest BCUT2D eigenvalue weighted by Gasteiger charge is -2.63. The van der Waals surface area contributed by atoms with Gasteiger partial charge in [0, 0.05) is 11.8 Å². The lowest BCUT2D eigenvalue weighted by molar-refractivity contribution is -0.166. The van der Waals surface area contributed by atoms with Crippen molar-refractivity contribution in [2.24, 2.45) is 39.9 Å². The molecule has 4 saturated carbocycles. The topological polar surface area (TPSA) is 37.3 Å². The van der Waals surface area contributed by atoms with E-state index < -0.39 is 0 Å². The molecule has 2 unspecified atom stereocenters. The quantitative estimate of drug-likeness (QED) is 0.709. The average molecular weight is 319 g/mol. The summed E-state index contributed by atoms with van der Waals surface area (Å²) < 4.78 is 0. The van der Waals surface area contributed by atoms with Gasteiger partial charge in [-0.25, -0.2) is 0 Å². The fourth-order valence-corrected chi connectivity index (χ4v) is 7.87. The van der Waals surface area contributed by atoms with Crippen molar-refractivity contribution in [3.8, 4) is 0 Å². The van der Waals surface area contributed by atoms with Gasteiger partial charge in [0.15, 0.2) is 0 Å². The maximum atomic E-state index is 12.5. The monoisotopic (exact) mass is 318 g/mol. The molecule has 0 spiro atoms. The molecular weight excluding hydrogens is 284 g/mol. The van der Waals surface area contributed by atoms with Gasteiger partial charge in [-0.1, -0.05) is 27.7 Å². The lowest BCUT2D eigenvalue weighted by atomic mass is 9.41. The highest BCUT2D eigenvalue weighted by Gasteiger charge is 2.62. The highest BCUT2D eigenvalue weighted by atomic mass is 16.3. The number of hydrogen-bond donors (Lipinski definition) is 1. The van der Waals surface area contributed by atoms with Gasteiger partial charge in [-0.2, -0.15) is 0 Å². The minimum Gasteiger partial charge on any atom is -0.393 e. The number of Topliss-reactive ketones (excluding diaryl/α,β-unsaturated/α-hetero) is 1. The molecule has 0 amide bonds. The van der Waals surface area contributed by atoms with E-state index in [2.05, 4.69) is 27.7 Å². The van der Waals surface area contributed by atoms with Crippen molar-refractivity contribution in [2.75, 3.05) is 0 Å². The van der Waals surface area contributed by atoms with Gasteiger partial charge in [0.05, 0.1) is 6.10 Å². The van der Waals surface area contributed by atoms with Crippen LogP contribution in [0.5, 0.6) is 0 Å². The standard InChI is InChI=1S/C21H34O2/c1-19(2)16-7-5-13-14-6-8-18(23)21(14,4)11-9-15(13)20(16,3)12-10-17(19)22/h13-16,18,23H,5-12H2,1-4H3/t13-,14-,15+,16?,18?,20+,21-/m0/s1. The summed E-state index contributed by atoms with van der Waals surface area (Å²) in [5.41, 5.74) is 0.382. The van der Waals surface area contributed by atoms with Crippen LogP contribution in [0.4, 0.5) is 0 Å². The first-order valence-corrected chi connectivity index (χ1v) is 9.92. The van der Waals surface area contributed by atoms with E-state index >= 15 is 0 Å². The summed E-state index contributed by atoms with van der Waals surface area (Å²) >= 11 is 0. The zero-order valence-electron chi connectivity index (χ0n) is 15.4. The van der Waals surface area contributed by atoms with E-state index in [1.165, 1.54) is 32.1 Å². The molecule has 0 bridgehead atoms.